The fraction of sp³-hybridized carbons (Fsp3) is 0.263. The highest BCUT2D eigenvalue weighted by molar-refractivity contribution is 7.92. The molecule has 148 valence electrons. The number of para-hydroxylation sites is 2. The standard InChI is InChI=1S/C19H20N2O6S/c1-21(16-5-3-4-6-17(16)26-2)28(24,25)14-9-7-13(8-10-14)18(22)20-15-11-12-27-19(15)23/h3-10,15H,11-12H2,1-2H3,(H,20,22)/t15-/m1/s1. The lowest BCUT2D eigenvalue weighted by Crippen LogP contribution is -2.37. The zero-order chi connectivity index (χ0) is 20.3. The molecule has 1 saturated heterocycles. The topological polar surface area (TPSA) is 102 Å². The van der Waals surface area contributed by atoms with E-state index >= 15 is 0 Å². The number of rotatable bonds is 6. The second-order valence-corrected chi connectivity index (χ2v) is 8.12. The number of ether oxygens (including phenoxy) is 2. The average molecular weight is 404 g/mol. The van der Waals surface area contributed by atoms with E-state index in [0.717, 1.165) is 4.31 Å². The van der Waals surface area contributed by atoms with E-state index in [9.17, 15) is 18.0 Å². The third-order valence-electron chi connectivity index (χ3n) is 4.44. The third kappa shape index (κ3) is 3.79. The van der Waals surface area contributed by atoms with Crippen LogP contribution >= 0.6 is 0 Å². The van der Waals surface area contributed by atoms with Crippen LogP contribution in [0.25, 0.3) is 0 Å². The maximum Gasteiger partial charge on any atom is 0.328 e. The van der Waals surface area contributed by atoms with Crippen molar-refractivity contribution in [3.8, 4) is 5.75 Å². The molecule has 1 heterocycles. The first kappa shape index (κ1) is 19.7. The Morgan fingerprint density at radius 1 is 1.18 bits per heavy atom. The average Bonchev–Trinajstić information content (AvgIpc) is 3.11. The van der Waals surface area contributed by atoms with Gasteiger partial charge in [-0.1, -0.05) is 12.1 Å². The lowest BCUT2D eigenvalue weighted by atomic mass is 10.2. The summed E-state index contributed by atoms with van der Waals surface area (Å²) in [5.41, 5.74) is 0.644. The number of methoxy groups -OCH3 is 1. The summed E-state index contributed by atoms with van der Waals surface area (Å²) in [7, 11) is -0.956. The first-order valence-electron chi connectivity index (χ1n) is 8.54. The highest BCUT2D eigenvalue weighted by Crippen LogP contribution is 2.30. The molecule has 28 heavy (non-hydrogen) atoms. The Hall–Kier alpha value is -3.07. The maximum absolute atomic E-state index is 12.9. The molecule has 0 saturated carbocycles. The van der Waals surface area contributed by atoms with Gasteiger partial charge in [-0.25, -0.2) is 13.2 Å². The van der Waals surface area contributed by atoms with Crippen LogP contribution in [0, 0.1) is 0 Å². The molecule has 0 aromatic heterocycles. The number of nitrogens with one attached hydrogen (secondary N) is 1. The molecule has 0 spiro atoms. The summed E-state index contributed by atoms with van der Waals surface area (Å²) in [4.78, 5) is 23.7. The molecule has 1 aliphatic rings. The fourth-order valence-electron chi connectivity index (χ4n) is 2.82. The smallest absolute Gasteiger partial charge is 0.328 e. The van der Waals surface area contributed by atoms with Gasteiger partial charge in [-0.05, 0) is 36.4 Å². The largest absolute Gasteiger partial charge is 0.495 e. The van der Waals surface area contributed by atoms with Gasteiger partial charge in [-0.15, -0.1) is 0 Å². The number of hydrogen-bond donors (Lipinski definition) is 1. The van der Waals surface area contributed by atoms with Crippen LogP contribution in [0.1, 0.15) is 16.8 Å². The Morgan fingerprint density at radius 3 is 2.46 bits per heavy atom. The summed E-state index contributed by atoms with van der Waals surface area (Å²) >= 11 is 0. The number of carbonyl (C=O) groups excluding carboxylic acids is 2. The van der Waals surface area contributed by atoms with E-state index in [0.29, 0.717) is 17.9 Å². The highest BCUT2D eigenvalue weighted by Gasteiger charge is 2.28. The van der Waals surface area contributed by atoms with E-state index in [2.05, 4.69) is 5.32 Å². The van der Waals surface area contributed by atoms with Crippen molar-refractivity contribution in [3.05, 3.63) is 54.1 Å². The number of sulfonamides is 1. The molecule has 0 radical (unpaired) electrons. The van der Waals surface area contributed by atoms with Crippen molar-refractivity contribution >= 4 is 27.6 Å². The molecule has 3 rings (SSSR count). The van der Waals surface area contributed by atoms with Gasteiger partial charge < -0.3 is 14.8 Å². The molecule has 2 aromatic rings. The van der Waals surface area contributed by atoms with E-state index in [1.807, 2.05) is 0 Å². The van der Waals surface area contributed by atoms with Crippen molar-refractivity contribution in [2.75, 3.05) is 25.1 Å². The van der Waals surface area contributed by atoms with Crippen LogP contribution in [0.3, 0.4) is 0 Å². The highest BCUT2D eigenvalue weighted by atomic mass is 32.2. The van der Waals surface area contributed by atoms with Crippen LogP contribution in [-0.2, 0) is 19.6 Å². The second kappa shape index (κ2) is 7.89. The molecule has 0 unspecified atom stereocenters. The van der Waals surface area contributed by atoms with Gasteiger partial charge in [-0.3, -0.25) is 9.10 Å². The fourth-order valence-corrected chi connectivity index (χ4v) is 4.03. The van der Waals surface area contributed by atoms with Crippen molar-refractivity contribution in [3.63, 3.8) is 0 Å². The van der Waals surface area contributed by atoms with Crippen LogP contribution in [0.5, 0.6) is 5.75 Å². The zero-order valence-electron chi connectivity index (χ0n) is 15.4. The second-order valence-electron chi connectivity index (χ2n) is 6.15. The summed E-state index contributed by atoms with van der Waals surface area (Å²) in [6, 6.07) is 11.6. The minimum atomic E-state index is -3.85. The molecule has 1 atom stereocenters. The van der Waals surface area contributed by atoms with Gasteiger partial charge in [0.2, 0.25) is 0 Å². The monoisotopic (exact) mass is 404 g/mol. The third-order valence-corrected chi connectivity index (χ3v) is 6.23. The van der Waals surface area contributed by atoms with Crippen LogP contribution in [0.15, 0.2) is 53.4 Å². The van der Waals surface area contributed by atoms with E-state index in [1.54, 1.807) is 24.3 Å². The zero-order valence-corrected chi connectivity index (χ0v) is 16.2. The SMILES string of the molecule is COc1ccccc1N(C)S(=O)(=O)c1ccc(C(=O)N[C@@H]2CCOC2=O)cc1. The van der Waals surface area contributed by atoms with Gasteiger partial charge in [0.25, 0.3) is 15.9 Å². The Balaban J connectivity index is 1.79. The van der Waals surface area contributed by atoms with Crippen molar-refractivity contribution < 1.29 is 27.5 Å². The minimum Gasteiger partial charge on any atom is -0.495 e. The Kier molecular flexibility index (Phi) is 5.55. The van der Waals surface area contributed by atoms with Crippen molar-refractivity contribution in [1.82, 2.24) is 5.32 Å². The molecule has 9 heteroatoms. The van der Waals surface area contributed by atoms with Crippen LogP contribution in [0.4, 0.5) is 5.69 Å². The first-order valence-corrected chi connectivity index (χ1v) is 9.98. The summed E-state index contributed by atoms with van der Waals surface area (Å²) in [6.07, 6.45) is 0.417. The number of cyclic esters (lactones) is 1. The minimum absolute atomic E-state index is 0.0257. The first-order chi connectivity index (χ1) is 13.3. The van der Waals surface area contributed by atoms with Crippen molar-refractivity contribution in [1.29, 1.82) is 0 Å². The summed E-state index contributed by atoms with van der Waals surface area (Å²) in [5.74, 6) is -0.509. The quantitative estimate of drug-likeness (QED) is 0.733. The van der Waals surface area contributed by atoms with E-state index in [1.165, 1.54) is 38.4 Å². The summed E-state index contributed by atoms with van der Waals surface area (Å²) < 4.78 is 37.0. The lowest BCUT2D eigenvalue weighted by molar-refractivity contribution is -0.139. The molecule has 2 aromatic carbocycles. The number of esters is 1. The molecule has 1 aliphatic heterocycles. The summed E-state index contributed by atoms with van der Waals surface area (Å²) in [5, 5.41) is 2.58. The lowest BCUT2D eigenvalue weighted by Gasteiger charge is -2.21. The van der Waals surface area contributed by atoms with Gasteiger partial charge in [0.15, 0.2) is 0 Å². The number of anilines is 1. The van der Waals surface area contributed by atoms with E-state index < -0.39 is 27.9 Å². The van der Waals surface area contributed by atoms with Gasteiger partial charge >= 0.3 is 5.97 Å². The molecule has 8 nitrogen and oxygen atoms in total. The predicted molar refractivity (Wildman–Crippen MR) is 102 cm³/mol. The molecular weight excluding hydrogens is 384 g/mol. The van der Waals surface area contributed by atoms with Gasteiger partial charge in [0, 0.05) is 19.0 Å². The van der Waals surface area contributed by atoms with E-state index in [4.69, 9.17) is 9.47 Å². The molecule has 0 aliphatic carbocycles. The van der Waals surface area contributed by atoms with Gasteiger partial charge in [-0.2, -0.15) is 0 Å². The molecular formula is C19H20N2O6S. The number of benzene rings is 2. The molecule has 1 fully saturated rings. The maximum atomic E-state index is 12.9. The predicted octanol–water partition coefficient (Wildman–Crippen LogP) is 1.57. The van der Waals surface area contributed by atoms with Gasteiger partial charge in [0.05, 0.1) is 24.3 Å². The van der Waals surface area contributed by atoms with E-state index in [-0.39, 0.29) is 17.1 Å². The number of amides is 1. The van der Waals surface area contributed by atoms with Crippen LogP contribution < -0.4 is 14.4 Å². The number of carbonyl (C=O) groups is 2. The number of nitrogens with zero attached hydrogens (tertiary/aromatic N) is 1. The molecule has 0 bridgehead atoms. The number of hydrogen-bond acceptors (Lipinski definition) is 6. The Morgan fingerprint density at radius 2 is 1.86 bits per heavy atom. The van der Waals surface area contributed by atoms with Crippen molar-refractivity contribution in [2.45, 2.75) is 17.4 Å². The van der Waals surface area contributed by atoms with Crippen LogP contribution in [-0.4, -0.2) is 47.1 Å². The normalized spacial score (nSPS) is 16.4. The molecule has 1 amide bonds. The van der Waals surface area contributed by atoms with Crippen LogP contribution in [0.2, 0.25) is 0 Å². The van der Waals surface area contributed by atoms with Gasteiger partial charge in [0.1, 0.15) is 11.8 Å². The van der Waals surface area contributed by atoms with Crippen molar-refractivity contribution in [2.24, 2.45) is 0 Å². The Labute approximate surface area is 163 Å². The summed E-state index contributed by atoms with van der Waals surface area (Å²) in [6.45, 7) is 0.274. The molecule has 1 N–H and O–H groups in total. The Bertz CT molecular complexity index is 988.